The summed E-state index contributed by atoms with van der Waals surface area (Å²) in [4.78, 5) is 4.38. The highest BCUT2D eigenvalue weighted by Crippen LogP contribution is 2.14. The van der Waals surface area contributed by atoms with Crippen LogP contribution in [0.2, 0.25) is 6.04 Å². The van der Waals surface area contributed by atoms with Crippen molar-refractivity contribution in [2.24, 2.45) is 4.99 Å². The fourth-order valence-corrected chi connectivity index (χ4v) is 3.36. The van der Waals surface area contributed by atoms with Crippen LogP contribution in [0.3, 0.4) is 0 Å². The van der Waals surface area contributed by atoms with E-state index >= 15 is 0 Å². The van der Waals surface area contributed by atoms with Gasteiger partial charge < -0.3 is 13.3 Å². The molecule has 0 saturated heterocycles. The summed E-state index contributed by atoms with van der Waals surface area (Å²) in [5.41, 5.74) is 1.12. The summed E-state index contributed by atoms with van der Waals surface area (Å²) in [7, 11) is 2.47. The second-order valence-electron chi connectivity index (χ2n) is 3.84. The molecule has 4 nitrogen and oxygen atoms in total. The Labute approximate surface area is 110 Å². The monoisotopic (exact) mass is 267 g/mol. The molecule has 0 saturated carbocycles. The molecule has 0 radical (unpaired) electrons. The van der Waals surface area contributed by atoms with Gasteiger partial charge in [0.1, 0.15) is 0 Å². The molecule has 0 heterocycles. The predicted molar refractivity (Wildman–Crippen MR) is 75.1 cm³/mol. The van der Waals surface area contributed by atoms with Crippen LogP contribution in [0.1, 0.15) is 12.0 Å². The van der Waals surface area contributed by atoms with Crippen LogP contribution >= 0.6 is 0 Å². The molecular formula is C13H21NO3Si. The zero-order chi connectivity index (χ0) is 13.3. The third-order valence-electron chi connectivity index (χ3n) is 2.74. The van der Waals surface area contributed by atoms with Gasteiger partial charge in [0.25, 0.3) is 0 Å². The molecule has 0 aromatic heterocycles. The van der Waals surface area contributed by atoms with Gasteiger partial charge in [-0.05, 0) is 12.0 Å². The average Bonchev–Trinajstić information content (AvgIpc) is 2.45. The second-order valence-corrected chi connectivity index (χ2v) is 6.94. The van der Waals surface area contributed by atoms with Crippen molar-refractivity contribution in [2.45, 2.75) is 12.5 Å². The summed E-state index contributed by atoms with van der Waals surface area (Å²) >= 11 is 0. The molecule has 0 fully saturated rings. The lowest BCUT2D eigenvalue weighted by Gasteiger charge is -2.23. The number of nitrogens with zero attached hydrogens (tertiary/aromatic N) is 1. The van der Waals surface area contributed by atoms with Crippen molar-refractivity contribution in [3.05, 3.63) is 35.9 Å². The van der Waals surface area contributed by atoms with Gasteiger partial charge >= 0.3 is 8.80 Å². The fraction of sp³-hybridized carbons (Fsp3) is 0.462. The largest absolute Gasteiger partial charge is 0.500 e. The average molecular weight is 267 g/mol. The van der Waals surface area contributed by atoms with Crippen LogP contribution < -0.4 is 0 Å². The summed E-state index contributed by atoms with van der Waals surface area (Å²) in [6.07, 6.45) is 2.78. The van der Waals surface area contributed by atoms with E-state index in [1.807, 2.05) is 36.5 Å². The molecule has 1 aromatic rings. The van der Waals surface area contributed by atoms with Crippen molar-refractivity contribution >= 4 is 15.0 Å². The second kappa shape index (κ2) is 8.15. The molecule has 0 unspecified atom stereocenters. The lowest BCUT2D eigenvalue weighted by molar-refractivity contribution is 0.123. The summed E-state index contributed by atoms with van der Waals surface area (Å²) in [5.74, 6) is 0. The number of benzene rings is 1. The van der Waals surface area contributed by atoms with Gasteiger partial charge in [-0.25, -0.2) is 0 Å². The number of hydrogen-bond donors (Lipinski definition) is 0. The van der Waals surface area contributed by atoms with Gasteiger partial charge in [-0.15, -0.1) is 0 Å². The van der Waals surface area contributed by atoms with Crippen LogP contribution in [0.15, 0.2) is 35.3 Å². The number of rotatable bonds is 8. The first-order valence-electron chi connectivity index (χ1n) is 5.96. The normalized spacial score (nSPS) is 12.2. The first-order valence-corrected chi connectivity index (χ1v) is 7.90. The van der Waals surface area contributed by atoms with Gasteiger partial charge in [0.15, 0.2) is 0 Å². The van der Waals surface area contributed by atoms with Crippen LogP contribution in [0, 0.1) is 0 Å². The molecule has 0 amide bonds. The first-order chi connectivity index (χ1) is 8.76. The summed E-state index contributed by atoms with van der Waals surface area (Å²) in [6.45, 7) is 0.750. The van der Waals surface area contributed by atoms with E-state index in [4.69, 9.17) is 13.3 Å². The molecule has 0 atom stereocenters. The number of aliphatic imine (C=N–C) groups is 1. The van der Waals surface area contributed by atoms with E-state index in [-0.39, 0.29) is 0 Å². The molecular weight excluding hydrogens is 246 g/mol. The third-order valence-corrected chi connectivity index (χ3v) is 5.58. The Kier molecular flexibility index (Phi) is 6.81. The molecule has 0 bridgehead atoms. The van der Waals surface area contributed by atoms with Gasteiger partial charge in [-0.3, -0.25) is 4.99 Å². The first kappa shape index (κ1) is 15.0. The maximum atomic E-state index is 5.34. The smallest absolute Gasteiger partial charge is 0.377 e. The van der Waals surface area contributed by atoms with Crippen molar-refractivity contribution in [2.75, 3.05) is 27.9 Å². The number of hydrogen-bond acceptors (Lipinski definition) is 4. The SMILES string of the molecule is CO[Si](CCCN=Cc1ccccc1)(OC)OC. The Balaban J connectivity index is 2.32. The standard InChI is InChI=1S/C13H21NO3Si/c1-15-18(16-2,17-3)11-7-10-14-12-13-8-5-4-6-9-13/h4-6,8-9,12H,7,10-11H2,1-3H3. The molecule has 0 aliphatic rings. The maximum absolute atomic E-state index is 5.34. The van der Waals surface area contributed by atoms with E-state index in [1.54, 1.807) is 21.3 Å². The molecule has 1 rings (SSSR count). The predicted octanol–water partition coefficient (Wildman–Crippen LogP) is 2.37. The van der Waals surface area contributed by atoms with Gasteiger partial charge in [0.05, 0.1) is 0 Å². The van der Waals surface area contributed by atoms with E-state index in [9.17, 15) is 0 Å². The highest BCUT2D eigenvalue weighted by Gasteiger charge is 2.36. The van der Waals surface area contributed by atoms with Crippen LogP contribution in [0.5, 0.6) is 0 Å². The minimum Gasteiger partial charge on any atom is -0.377 e. The van der Waals surface area contributed by atoms with E-state index in [0.717, 1.165) is 24.6 Å². The molecule has 0 aliphatic heterocycles. The van der Waals surface area contributed by atoms with E-state index in [2.05, 4.69) is 4.99 Å². The molecule has 18 heavy (non-hydrogen) atoms. The maximum Gasteiger partial charge on any atom is 0.500 e. The Bertz CT molecular complexity index is 344. The topological polar surface area (TPSA) is 40.0 Å². The highest BCUT2D eigenvalue weighted by atomic mass is 28.4. The van der Waals surface area contributed by atoms with Gasteiger partial charge in [-0.2, -0.15) is 0 Å². The lowest BCUT2D eigenvalue weighted by Crippen LogP contribution is -2.42. The molecule has 5 heteroatoms. The van der Waals surface area contributed by atoms with Crippen molar-refractivity contribution in [3.8, 4) is 0 Å². The Morgan fingerprint density at radius 1 is 1.06 bits per heavy atom. The fourth-order valence-electron chi connectivity index (χ4n) is 1.65. The van der Waals surface area contributed by atoms with Gasteiger partial charge in [0.2, 0.25) is 0 Å². The molecule has 0 aliphatic carbocycles. The van der Waals surface area contributed by atoms with Crippen LogP contribution in [-0.2, 0) is 13.3 Å². The molecule has 100 valence electrons. The zero-order valence-corrected chi connectivity index (χ0v) is 12.3. The third kappa shape index (κ3) is 4.70. The van der Waals surface area contributed by atoms with Crippen molar-refractivity contribution in [3.63, 3.8) is 0 Å². The Morgan fingerprint density at radius 3 is 2.22 bits per heavy atom. The lowest BCUT2D eigenvalue weighted by atomic mass is 10.2. The molecule has 0 spiro atoms. The quantitative estimate of drug-likeness (QED) is 0.412. The van der Waals surface area contributed by atoms with Crippen LogP contribution in [0.25, 0.3) is 0 Å². The highest BCUT2D eigenvalue weighted by molar-refractivity contribution is 6.60. The minimum absolute atomic E-state index is 0.750. The van der Waals surface area contributed by atoms with E-state index in [0.29, 0.717) is 0 Å². The van der Waals surface area contributed by atoms with Crippen molar-refractivity contribution in [1.29, 1.82) is 0 Å². The Morgan fingerprint density at radius 2 is 1.67 bits per heavy atom. The van der Waals surface area contributed by atoms with Crippen molar-refractivity contribution in [1.82, 2.24) is 0 Å². The van der Waals surface area contributed by atoms with Crippen LogP contribution in [-0.4, -0.2) is 42.9 Å². The molecule has 1 aromatic carbocycles. The zero-order valence-electron chi connectivity index (χ0n) is 11.3. The summed E-state index contributed by atoms with van der Waals surface area (Å²) in [6, 6.07) is 10.8. The Hall–Kier alpha value is -1.01. The van der Waals surface area contributed by atoms with Gasteiger partial charge in [0, 0.05) is 40.1 Å². The summed E-state index contributed by atoms with van der Waals surface area (Å²) < 4.78 is 16.0. The minimum atomic E-state index is -2.42. The van der Waals surface area contributed by atoms with E-state index in [1.165, 1.54) is 0 Å². The van der Waals surface area contributed by atoms with Gasteiger partial charge in [-0.1, -0.05) is 30.3 Å². The van der Waals surface area contributed by atoms with Crippen LogP contribution in [0.4, 0.5) is 0 Å². The van der Waals surface area contributed by atoms with E-state index < -0.39 is 8.80 Å². The molecule has 0 N–H and O–H groups in total. The summed E-state index contributed by atoms with van der Waals surface area (Å²) in [5, 5.41) is 0. The van der Waals surface area contributed by atoms with Crippen molar-refractivity contribution < 1.29 is 13.3 Å².